The van der Waals surface area contributed by atoms with Gasteiger partial charge in [-0.05, 0) is 43.5 Å². The summed E-state index contributed by atoms with van der Waals surface area (Å²) in [4.78, 5) is 28.3. The zero-order valence-corrected chi connectivity index (χ0v) is 17.4. The Kier molecular flexibility index (Phi) is 8.05. The first kappa shape index (κ1) is 21.6. The Bertz CT molecular complexity index is 814. The highest BCUT2D eigenvalue weighted by molar-refractivity contribution is 5.76. The van der Waals surface area contributed by atoms with Crippen LogP contribution in [0.1, 0.15) is 50.8 Å². The minimum atomic E-state index is -0.143. The first-order valence-corrected chi connectivity index (χ1v) is 10.5. The van der Waals surface area contributed by atoms with Gasteiger partial charge in [0.2, 0.25) is 5.91 Å². The van der Waals surface area contributed by atoms with E-state index < -0.39 is 0 Å². The Morgan fingerprint density at radius 3 is 2.63 bits per heavy atom. The molecule has 1 fully saturated rings. The van der Waals surface area contributed by atoms with E-state index in [-0.39, 0.29) is 24.5 Å². The molecule has 30 heavy (non-hydrogen) atoms. The smallest absolute Gasteiger partial charge is 0.315 e. The molecule has 0 unspecified atom stereocenters. The standard InChI is InChI=1S/C21H30N6O3/c1-30-17-11-9-15(10-12-17)20-25-18(26-27-20)14-23-19(28)8-5-13-22-21(29)24-16-6-3-2-4-7-16/h9-12,16H,2-8,13-14H2,1H3,(H,23,28)(H2,22,24,29)(H,25,26,27). The maximum Gasteiger partial charge on any atom is 0.315 e. The predicted molar refractivity (Wildman–Crippen MR) is 113 cm³/mol. The number of nitrogens with one attached hydrogen (secondary N) is 4. The third-order valence-corrected chi connectivity index (χ3v) is 5.14. The summed E-state index contributed by atoms with van der Waals surface area (Å²) in [7, 11) is 1.62. The molecule has 4 N–H and O–H groups in total. The number of H-pyrrole nitrogens is 1. The van der Waals surface area contributed by atoms with Crippen molar-refractivity contribution >= 4 is 11.9 Å². The van der Waals surface area contributed by atoms with Gasteiger partial charge in [0.1, 0.15) is 11.6 Å². The van der Waals surface area contributed by atoms with Crippen molar-refractivity contribution in [2.75, 3.05) is 13.7 Å². The van der Waals surface area contributed by atoms with E-state index >= 15 is 0 Å². The van der Waals surface area contributed by atoms with E-state index in [9.17, 15) is 9.59 Å². The molecule has 1 saturated carbocycles. The van der Waals surface area contributed by atoms with Crippen molar-refractivity contribution in [1.82, 2.24) is 31.1 Å². The Hall–Kier alpha value is -3.10. The third-order valence-electron chi connectivity index (χ3n) is 5.14. The van der Waals surface area contributed by atoms with E-state index in [1.54, 1.807) is 7.11 Å². The number of benzene rings is 1. The Balaban J connectivity index is 1.31. The molecule has 0 saturated heterocycles. The van der Waals surface area contributed by atoms with Gasteiger partial charge in [-0.3, -0.25) is 9.89 Å². The molecule has 1 aromatic carbocycles. The van der Waals surface area contributed by atoms with E-state index in [1.165, 1.54) is 19.3 Å². The molecule has 0 aliphatic heterocycles. The molecule has 1 aliphatic carbocycles. The summed E-state index contributed by atoms with van der Waals surface area (Å²) in [5, 5.41) is 15.7. The summed E-state index contributed by atoms with van der Waals surface area (Å²) in [6, 6.07) is 7.58. The number of hydrogen-bond donors (Lipinski definition) is 4. The minimum absolute atomic E-state index is 0.0908. The van der Waals surface area contributed by atoms with Crippen molar-refractivity contribution in [3.63, 3.8) is 0 Å². The fourth-order valence-electron chi connectivity index (χ4n) is 3.45. The van der Waals surface area contributed by atoms with Gasteiger partial charge in [-0.1, -0.05) is 19.3 Å². The van der Waals surface area contributed by atoms with E-state index in [2.05, 4.69) is 31.1 Å². The highest BCUT2D eigenvalue weighted by Gasteiger charge is 2.15. The Morgan fingerprint density at radius 2 is 1.90 bits per heavy atom. The van der Waals surface area contributed by atoms with Gasteiger partial charge in [-0.15, -0.1) is 0 Å². The maximum atomic E-state index is 12.0. The van der Waals surface area contributed by atoms with E-state index in [4.69, 9.17) is 4.74 Å². The highest BCUT2D eigenvalue weighted by atomic mass is 16.5. The number of aromatic nitrogens is 3. The van der Waals surface area contributed by atoms with Gasteiger partial charge < -0.3 is 20.7 Å². The number of rotatable bonds is 9. The van der Waals surface area contributed by atoms with Crippen molar-refractivity contribution < 1.29 is 14.3 Å². The number of nitrogens with zero attached hydrogens (tertiary/aromatic N) is 2. The molecule has 9 heteroatoms. The maximum absolute atomic E-state index is 12.0. The Labute approximate surface area is 176 Å². The number of amides is 3. The fraction of sp³-hybridized carbons (Fsp3) is 0.524. The fourth-order valence-corrected chi connectivity index (χ4v) is 3.45. The molecule has 3 amide bonds. The molecule has 3 rings (SSSR count). The summed E-state index contributed by atoms with van der Waals surface area (Å²) in [6.45, 7) is 0.744. The summed E-state index contributed by atoms with van der Waals surface area (Å²) in [5.41, 5.74) is 0.863. The van der Waals surface area contributed by atoms with Crippen LogP contribution < -0.4 is 20.7 Å². The normalized spacial score (nSPS) is 14.2. The van der Waals surface area contributed by atoms with Crippen molar-refractivity contribution in [2.24, 2.45) is 0 Å². The molecule has 1 heterocycles. The lowest BCUT2D eigenvalue weighted by Gasteiger charge is -2.22. The van der Waals surface area contributed by atoms with E-state index in [1.807, 2.05) is 24.3 Å². The van der Waals surface area contributed by atoms with Gasteiger partial charge in [0.25, 0.3) is 0 Å². The van der Waals surface area contributed by atoms with Crippen LogP contribution >= 0.6 is 0 Å². The summed E-state index contributed by atoms with van der Waals surface area (Å²) >= 11 is 0. The lowest BCUT2D eigenvalue weighted by Crippen LogP contribution is -2.43. The minimum Gasteiger partial charge on any atom is -0.497 e. The molecule has 0 bridgehead atoms. The van der Waals surface area contributed by atoms with Gasteiger partial charge in [-0.2, -0.15) is 5.10 Å². The van der Waals surface area contributed by atoms with Crippen LogP contribution in [0, 0.1) is 0 Å². The molecule has 0 atom stereocenters. The molecule has 0 radical (unpaired) electrons. The first-order valence-electron chi connectivity index (χ1n) is 10.5. The second kappa shape index (κ2) is 11.2. The van der Waals surface area contributed by atoms with Gasteiger partial charge in [0.05, 0.1) is 13.7 Å². The molecular weight excluding hydrogens is 384 g/mol. The van der Waals surface area contributed by atoms with Crippen LogP contribution in [0.4, 0.5) is 4.79 Å². The SMILES string of the molecule is COc1ccc(-c2n[nH]c(CNC(=O)CCCNC(=O)NC3CCCCC3)n2)cc1. The van der Waals surface area contributed by atoms with Crippen molar-refractivity contribution in [1.29, 1.82) is 0 Å². The summed E-state index contributed by atoms with van der Waals surface area (Å²) in [6.07, 6.45) is 6.64. The van der Waals surface area contributed by atoms with Crippen LogP contribution in [0.3, 0.4) is 0 Å². The molecule has 9 nitrogen and oxygen atoms in total. The molecule has 1 aliphatic rings. The largest absolute Gasteiger partial charge is 0.497 e. The quantitative estimate of drug-likeness (QED) is 0.470. The van der Waals surface area contributed by atoms with Crippen LogP contribution in [0.5, 0.6) is 5.75 Å². The molecule has 0 spiro atoms. The number of carbonyl (C=O) groups excluding carboxylic acids is 2. The first-order chi connectivity index (χ1) is 14.6. The monoisotopic (exact) mass is 414 g/mol. The highest BCUT2D eigenvalue weighted by Crippen LogP contribution is 2.19. The van der Waals surface area contributed by atoms with Gasteiger partial charge in [0, 0.05) is 24.6 Å². The summed E-state index contributed by atoms with van der Waals surface area (Å²) < 4.78 is 5.14. The second-order valence-electron chi connectivity index (χ2n) is 7.45. The molecule has 2 aromatic rings. The van der Waals surface area contributed by atoms with Crippen molar-refractivity contribution in [3.8, 4) is 17.1 Å². The second-order valence-corrected chi connectivity index (χ2v) is 7.45. The average molecular weight is 415 g/mol. The van der Waals surface area contributed by atoms with Gasteiger partial charge in [-0.25, -0.2) is 9.78 Å². The number of aromatic amines is 1. The van der Waals surface area contributed by atoms with Crippen LogP contribution in [0.15, 0.2) is 24.3 Å². The van der Waals surface area contributed by atoms with Gasteiger partial charge in [0.15, 0.2) is 5.82 Å². The summed E-state index contributed by atoms with van der Waals surface area (Å²) in [5.74, 6) is 1.82. The van der Waals surface area contributed by atoms with Gasteiger partial charge >= 0.3 is 6.03 Å². The average Bonchev–Trinajstić information content (AvgIpc) is 3.25. The van der Waals surface area contributed by atoms with E-state index in [0.29, 0.717) is 31.0 Å². The lowest BCUT2D eigenvalue weighted by molar-refractivity contribution is -0.121. The third kappa shape index (κ3) is 6.75. The van der Waals surface area contributed by atoms with Crippen LogP contribution in [0.2, 0.25) is 0 Å². The van der Waals surface area contributed by atoms with E-state index in [0.717, 1.165) is 24.2 Å². The van der Waals surface area contributed by atoms with Crippen molar-refractivity contribution in [2.45, 2.75) is 57.5 Å². The number of methoxy groups -OCH3 is 1. The topological polar surface area (TPSA) is 121 Å². The number of hydrogen-bond acceptors (Lipinski definition) is 5. The molecule has 1 aromatic heterocycles. The van der Waals surface area contributed by atoms with Crippen LogP contribution in [-0.2, 0) is 11.3 Å². The molecular formula is C21H30N6O3. The zero-order valence-electron chi connectivity index (χ0n) is 17.4. The van der Waals surface area contributed by atoms with Crippen LogP contribution in [0.25, 0.3) is 11.4 Å². The Morgan fingerprint density at radius 1 is 1.13 bits per heavy atom. The number of carbonyl (C=O) groups is 2. The predicted octanol–water partition coefficient (Wildman–Crippen LogP) is 2.51. The number of urea groups is 1. The lowest BCUT2D eigenvalue weighted by atomic mass is 9.96. The zero-order chi connectivity index (χ0) is 21.2. The molecule has 162 valence electrons. The van der Waals surface area contributed by atoms with Crippen molar-refractivity contribution in [3.05, 3.63) is 30.1 Å². The number of ether oxygens (including phenoxy) is 1. The van der Waals surface area contributed by atoms with Crippen LogP contribution in [-0.4, -0.2) is 46.8 Å².